The van der Waals surface area contributed by atoms with Gasteiger partial charge in [0.15, 0.2) is 0 Å². The lowest BCUT2D eigenvalue weighted by Crippen LogP contribution is -2.35. The molecule has 0 aliphatic heterocycles. The topological polar surface area (TPSA) is 15.7 Å². The number of nitrogens with zero attached hydrogens (tertiary/aromatic N) is 2. The van der Waals surface area contributed by atoms with Crippen LogP contribution in [-0.2, 0) is 6.42 Å². The molecule has 3 heteroatoms. The molecule has 0 unspecified atom stereocenters. The average Bonchev–Trinajstić information content (AvgIpc) is 2.42. The highest BCUT2D eigenvalue weighted by molar-refractivity contribution is 5.27. The Kier molecular flexibility index (Phi) is 6.89. The van der Waals surface area contributed by atoms with Crippen molar-refractivity contribution in [1.29, 1.82) is 0 Å². The monoisotopic (exact) mass is 264 g/mol. The highest BCUT2D eigenvalue weighted by Gasteiger charge is 2.09. The predicted molar refractivity (Wildman–Crippen MR) is 82.0 cm³/mol. The molecular formula is C16H28N2O. The number of ether oxygens (including phenoxy) is 1. The Morgan fingerprint density at radius 2 is 1.68 bits per heavy atom. The normalized spacial score (nSPS) is 13.0. The predicted octanol–water partition coefficient (Wildman–Crippen LogP) is 2.51. The van der Waals surface area contributed by atoms with Gasteiger partial charge in [0.05, 0.1) is 7.11 Å². The van der Waals surface area contributed by atoms with Crippen LogP contribution in [0.25, 0.3) is 0 Å². The third-order valence-electron chi connectivity index (χ3n) is 3.66. The van der Waals surface area contributed by atoms with E-state index in [1.54, 1.807) is 7.11 Å². The van der Waals surface area contributed by atoms with Crippen LogP contribution < -0.4 is 4.74 Å². The van der Waals surface area contributed by atoms with E-state index < -0.39 is 0 Å². The fraction of sp³-hybridized carbons (Fsp3) is 0.625. The molecule has 0 N–H and O–H groups in total. The van der Waals surface area contributed by atoms with Gasteiger partial charge in [0.1, 0.15) is 5.75 Å². The molecule has 1 aromatic rings. The van der Waals surface area contributed by atoms with E-state index in [9.17, 15) is 0 Å². The molecule has 3 nitrogen and oxygen atoms in total. The molecule has 0 aliphatic rings. The second-order valence-electron chi connectivity index (χ2n) is 5.52. The molecule has 0 saturated carbocycles. The summed E-state index contributed by atoms with van der Waals surface area (Å²) in [6.07, 6.45) is 2.31. The van der Waals surface area contributed by atoms with Gasteiger partial charge in [-0.15, -0.1) is 0 Å². The summed E-state index contributed by atoms with van der Waals surface area (Å²) in [5.74, 6) is 0.930. The van der Waals surface area contributed by atoms with E-state index in [-0.39, 0.29) is 0 Å². The number of hydrogen-bond donors (Lipinski definition) is 0. The first-order valence-electron chi connectivity index (χ1n) is 7.01. The van der Waals surface area contributed by atoms with E-state index in [0.29, 0.717) is 6.04 Å². The van der Waals surface area contributed by atoms with E-state index in [2.05, 4.69) is 50.0 Å². The largest absolute Gasteiger partial charge is 0.497 e. The Bertz CT molecular complexity index is 348. The summed E-state index contributed by atoms with van der Waals surface area (Å²) in [5, 5.41) is 0. The third-order valence-corrected chi connectivity index (χ3v) is 3.66. The van der Waals surface area contributed by atoms with Crippen LogP contribution in [0.15, 0.2) is 24.3 Å². The first-order valence-corrected chi connectivity index (χ1v) is 7.01. The first kappa shape index (κ1) is 16.0. The Morgan fingerprint density at radius 3 is 2.21 bits per heavy atom. The molecule has 0 fully saturated rings. The number of benzene rings is 1. The summed E-state index contributed by atoms with van der Waals surface area (Å²) in [6.45, 7) is 4.54. The SMILES string of the molecule is COc1ccc(CC[C@H](C)N(C)CCN(C)C)cc1. The Labute approximate surface area is 118 Å². The van der Waals surface area contributed by atoms with Crippen molar-refractivity contribution < 1.29 is 4.74 Å². The maximum Gasteiger partial charge on any atom is 0.118 e. The highest BCUT2D eigenvalue weighted by atomic mass is 16.5. The van der Waals surface area contributed by atoms with Gasteiger partial charge in [0.25, 0.3) is 0 Å². The van der Waals surface area contributed by atoms with E-state index in [4.69, 9.17) is 4.74 Å². The first-order chi connectivity index (χ1) is 9.02. The lowest BCUT2D eigenvalue weighted by Gasteiger charge is -2.26. The van der Waals surface area contributed by atoms with Crippen LogP contribution in [0.4, 0.5) is 0 Å². The molecular weight excluding hydrogens is 236 g/mol. The molecule has 19 heavy (non-hydrogen) atoms. The zero-order valence-electron chi connectivity index (χ0n) is 13.0. The summed E-state index contributed by atoms with van der Waals surface area (Å²) in [5.41, 5.74) is 1.38. The number of hydrogen-bond acceptors (Lipinski definition) is 3. The molecule has 0 radical (unpaired) electrons. The van der Waals surface area contributed by atoms with Crippen molar-refractivity contribution in [2.24, 2.45) is 0 Å². The van der Waals surface area contributed by atoms with Crippen molar-refractivity contribution in [1.82, 2.24) is 9.80 Å². The minimum absolute atomic E-state index is 0.613. The van der Waals surface area contributed by atoms with Crippen molar-refractivity contribution in [3.8, 4) is 5.75 Å². The van der Waals surface area contributed by atoms with Gasteiger partial charge in [0, 0.05) is 19.1 Å². The van der Waals surface area contributed by atoms with E-state index in [1.807, 2.05) is 12.1 Å². The van der Waals surface area contributed by atoms with Crippen LogP contribution in [-0.4, -0.2) is 57.2 Å². The van der Waals surface area contributed by atoms with Crippen molar-refractivity contribution in [3.05, 3.63) is 29.8 Å². The Morgan fingerprint density at radius 1 is 1.05 bits per heavy atom. The number of rotatable bonds is 8. The summed E-state index contributed by atoms with van der Waals surface area (Å²) in [7, 11) is 8.16. The minimum atomic E-state index is 0.613. The summed E-state index contributed by atoms with van der Waals surface area (Å²) in [6, 6.07) is 9.00. The molecule has 0 amide bonds. The van der Waals surface area contributed by atoms with Gasteiger partial charge < -0.3 is 14.5 Å². The van der Waals surface area contributed by atoms with Crippen molar-refractivity contribution in [2.75, 3.05) is 41.3 Å². The van der Waals surface area contributed by atoms with E-state index in [1.165, 1.54) is 12.0 Å². The summed E-state index contributed by atoms with van der Waals surface area (Å²) >= 11 is 0. The maximum atomic E-state index is 5.17. The quantitative estimate of drug-likeness (QED) is 0.717. The maximum absolute atomic E-state index is 5.17. The zero-order chi connectivity index (χ0) is 14.3. The van der Waals surface area contributed by atoms with E-state index >= 15 is 0 Å². The zero-order valence-corrected chi connectivity index (χ0v) is 13.0. The summed E-state index contributed by atoms with van der Waals surface area (Å²) in [4.78, 5) is 4.66. The standard InChI is InChI=1S/C16H28N2O/c1-14(18(4)13-12-17(2)3)6-7-15-8-10-16(19-5)11-9-15/h8-11,14H,6-7,12-13H2,1-5H3/t14-/m0/s1. The van der Waals surface area contributed by atoms with Crippen LogP contribution in [0.5, 0.6) is 5.75 Å². The molecule has 0 saturated heterocycles. The van der Waals surface area contributed by atoms with Gasteiger partial charge in [-0.25, -0.2) is 0 Å². The Balaban J connectivity index is 2.33. The van der Waals surface area contributed by atoms with Gasteiger partial charge in [-0.05, 0) is 58.6 Å². The molecule has 108 valence electrons. The lowest BCUT2D eigenvalue weighted by molar-refractivity contribution is 0.220. The van der Waals surface area contributed by atoms with Crippen molar-refractivity contribution in [2.45, 2.75) is 25.8 Å². The van der Waals surface area contributed by atoms with Crippen LogP contribution >= 0.6 is 0 Å². The molecule has 0 bridgehead atoms. The van der Waals surface area contributed by atoms with Crippen LogP contribution in [0, 0.1) is 0 Å². The van der Waals surface area contributed by atoms with Gasteiger partial charge in [-0.1, -0.05) is 12.1 Å². The highest BCUT2D eigenvalue weighted by Crippen LogP contribution is 2.14. The summed E-state index contributed by atoms with van der Waals surface area (Å²) < 4.78 is 5.17. The molecule has 0 heterocycles. The Hall–Kier alpha value is -1.06. The van der Waals surface area contributed by atoms with Crippen molar-refractivity contribution in [3.63, 3.8) is 0 Å². The molecule has 0 spiro atoms. The van der Waals surface area contributed by atoms with Gasteiger partial charge in [-0.3, -0.25) is 0 Å². The molecule has 1 aromatic carbocycles. The average molecular weight is 264 g/mol. The van der Waals surface area contributed by atoms with Gasteiger partial charge >= 0.3 is 0 Å². The van der Waals surface area contributed by atoms with Crippen LogP contribution in [0.1, 0.15) is 18.9 Å². The lowest BCUT2D eigenvalue weighted by atomic mass is 10.1. The van der Waals surface area contributed by atoms with Crippen LogP contribution in [0.3, 0.4) is 0 Å². The third kappa shape index (κ3) is 6.08. The smallest absolute Gasteiger partial charge is 0.118 e. The van der Waals surface area contributed by atoms with Gasteiger partial charge in [-0.2, -0.15) is 0 Å². The molecule has 0 aliphatic carbocycles. The van der Waals surface area contributed by atoms with Crippen LogP contribution in [0.2, 0.25) is 0 Å². The van der Waals surface area contributed by atoms with E-state index in [0.717, 1.165) is 25.3 Å². The minimum Gasteiger partial charge on any atom is -0.497 e. The molecule has 0 aromatic heterocycles. The number of aryl methyl sites for hydroxylation is 1. The fourth-order valence-electron chi connectivity index (χ4n) is 1.97. The molecule has 1 atom stereocenters. The molecule has 1 rings (SSSR count). The fourth-order valence-corrected chi connectivity index (χ4v) is 1.97. The second-order valence-corrected chi connectivity index (χ2v) is 5.52. The van der Waals surface area contributed by atoms with Crippen molar-refractivity contribution >= 4 is 0 Å². The number of likely N-dealkylation sites (N-methyl/N-ethyl adjacent to an activating group) is 2. The number of methoxy groups -OCH3 is 1. The van der Waals surface area contributed by atoms with Gasteiger partial charge in [0.2, 0.25) is 0 Å². The second kappa shape index (κ2) is 8.18.